The van der Waals surface area contributed by atoms with Crippen molar-refractivity contribution in [2.75, 3.05) is 0 Å². The molecule has 0 spiro atoms. The third-order valence-electron chi connectivity index (χ3n) is 4.22. The number of nitrogens with zero attached hydrogens (tertiary/aromatic N) is 1. The van der Waals surface area contributed by atoms with Crippen LogP contribution >= 0.6 is 0 Å². The van der Waals surface area contributed by atoms with Gasteiger partial charge in [-0.15, -0.1) is 0 Å². The molecule has 22 heavy (non-hydrogen) atoms. The van der Waals surface area contributed by atoms with Crippen molar-refractivity contribution in [1.29, 1.82) is 0 Å². The van der Waals surface area contributed by atoms with Crippen LogP contribution in [0.3, 0.4) is 0 Å². The second-order valence-corrected chi connectivity index (χ2v) is 6.30. The van der Waals surface area contributed by atoms with E-state index in [1.807, 2.05) is 31.2 Å². The van der Waals surface area contributed by atoms with E-state index >= 15 is 0 Å². The van der Waals surface area contributed by atoms with Crippen LogP contribution in [0.15, 0.2) is 29.4 Å². The highest BCUT2D eigenvalue weighted by molar-refractivity contribution is 5.92. The third-order valence-corrected chi connectivity index (χ3v) is 4.22. The van der Waals surface area contributed by atoms with Crippen LogP contribution in [-0.2, 0) is 9.59 Å². The highest BCUT2D eigenvalue weighted by Crippen LogP contribution is 2.38. The number of aryl methyl sites for hydroxylation is 1. The summed E-state index contributed by atoms with van der Waals surface area (Å²) in [5.74, 6) is -1.04. The summed E-state index contributed by atoms with van der Waals surface area (Å²) >= 11 is 0. The Hall–Kier alpha value is -2.21. The Balaban J connectivity index is 2.81. The van der Waals surface area contributed by atoms with E-state index in [4.69, 9.17) is 5.21 Å². The Morgan fingerprint density at radius 3 is 2.27 bits per heavy atom. The molecule has 0 saturated heterocycles. The zero-order chi connectivity index (χ0) is 17.0. The molecular formula is C16H23N3O3. The molecule has 1 rings (SSSR count). The van der Waals surface area contributed by atoms with Gasteiger partial charge in [0.15, 0.2) is 0 Å². The van der Waals surface area contributed by atoms with Gasteiger partial charge < -0.3 is 0 Å². The summed E-state index contributed by atoms with van der Waals surface area (Å²) in [6, 6.07) is 7.67. The fraction of sp³-hybridized carbons (Fsp3) is 0.438. The molecular weight excluding hydrogens is 282 g/mol. The van der Waals surface area contributed by atoms with Gasteiger partial charge in [0.05, 0.1) is 17.0 Å². The van der Waals surface area contributed by atoms with E-state index in [1.54, 1.807) is 39.4 Å². The lowest BCUT2D eigenvalue weighted by molar-refractivity contribution is -0.152. The molecule has 2 amide bonds. The topological polar surface area (TPSA) is 90.8 Å². The van der Waals surface area contributed by atoms with Crippen molar-refractivity contribution >= 4 is 18.0 Å². The van der Waals surface area contributed by atoms with Crippen molar-refractivity contribution < 1.29 is 14.8 Å². The monoisotopic (exact) mass is 305 g/mol. The minimum absolute atomic E-state index is 0.412. The molecule has 3 N–H and O–H groups in total. The number of hydrogen-bond donors (Lipinski definition) is 3. The summed E-state index contributed by atoms with van der Waals surface area (Å²) in [6.45, 7) is 8.39. The summed E-state index contributed by atoms with van der Waals surface area (Å²) in [5, 5.41) is 12.7. The second kappa shape index (κ2) is 6.70. The SMILES string of the molecule is Cc1cccc(/C=N/NC(=O)C(C)(C)C(C)(C)C(=O)NO)c1. The van der Waals surface area contributed by atoms with Crippen LogP contribution < -0.4 is 10.9 Å². The van der Waals surface area contributed by atoms with Gasteiger partial charge in [-0.1, -0.05) is 29.8 Å². The summed E-state index contributed by atoms with van der Waals surface area (Å²) in [4.78, 5) is 24.0. The van der Waals surface area contributed by atoms with Crippen LogP contribution in [0.4, 0.5) is 0 Å². The number of hydroxylamine groups is 1. The molecule has 0 unspecified atom stereocenters. The Morgan fingerprint density at radius 2 is 1.73 bits per heavy atom. The van der Waals surface area contributed by atoms with Gasteiger partial charge in [0, 0.05) is 0 Å². The lowest BCUT2D eigenvalue weighted by Crippen LogP contribution is -2.52. The second-order valence-electron chi connectivity index (χ2n) is 6.30. The van der Waals surface area contributed by atoms with Gasteiger partial charge in [-0.3, -0.25) is 14.8 Å². The minimum Gasteiger partial charge on any atom is -0.289 e. The number of carbonyl (C=O) groups is 2. The first-order valence-corrected chi connectivity index (χ1v) is 6.97. The molecule has 6 heteroatoms. The van der Waals surface area contributed by atoms with Crippen LogP contribution in [0, 0.1) is 17.8 Å². The molecule has 0 aliphatic heterocycles. The first kappa shape index (κ1) is 17.8. The van der Waals surface area contributed by atoms with E-state index in [2.05, 4.69) is 10.5 Å². The van der Waals surface area contributed by atoms with Gasteiger partial charge in [0.25, 0.3) is 0 Å². The number of nitrogens with one attached hydrogen (secondary N) is 2. The van der Waals surface area contributed by atoms with Crippen LogP contribution in [0.1, 0.15) is 38.8 Å². The van der Waals surface area contributed by atoms with E-state index in [0.29, 0.717) is 0 Å². The van der Waals surface area contributed by atoms with E-state index < -0.39 is 22.6 Å². The molecule has 0 aliphatic carbocycles. The van der Waals surface area contributed by atoms with Gasteiger partial charge in [-0.25, -0.2) is 10.9 Å². The summed E-state index contributed by atoms with van der Waals surface area (Å²) in [6.07, 6.45) is 1.54. The molecule has 1 aromatic rings. The fourth-order valence-electron chi connectivity index (χ4n) is 1.76. The van der Waals surface area contributed by atoms with Crippen molar-refractivity contribution in [2.45, 2.75) is 34.6 Å². The van der Waals surface area contributed by atoms with Gasteiger partial charge >= 0.3 is 0 Å². The quantitative estimate of drug-likeness (QED) is 0.441. The highest BCUT2D eigenvalue weighted by Gasteiger charge is 2.48. The first-order chi connectivity index (χ1) is 10.1. The molecule has 1 aromatic carbocycles. The Morgan fingerprint density at radius 1 is 1.14 bits per heavy atom. The molecule has 0 aliphatic rings. The van der Waals surface area contributed by atoms with E-state index in [9.17, 15) is 9.59 Å². The number of amides is 2. The van der Waals surface area contributed by atoms with Gasteiger partial charge in [0.2, 0.25) is 11.8 Å². The molecule has 0 heterocycles. The molecule has 0 fully saturated rings. The van der Waals surface area contributed by atoms with Crippen molar-refractivity contribution in [3.8, 4) is 0 Å². The number of hydrogen-bond acceptors (Lipinski definition) is 4. The Kier molecular flexibility index (Phi) is 5.43. The molecule has 0 radical (unpaired) electrons. The average Bonchev–Trinajstić information content (AvgIpc) is 2.45. The summed E-state index contributed by atoms with van der Waals surface area (Å²) < 4.78 is 0. The average molecular weight is 305 g/mol. The molecule has 0 saturated carbocycles. The zero-order valence-corrected chi connectivity index (χ0v) is 13.6. The van der Waals surface area contributed by atoms with E-state index in [0.717, 1.165) is 11.1 Å². The Labute approximate surface area is 130 Å². The summed E-state index contributed by atoms with van der Waals surface area (Å²) in [7, 11) is 0. The van der Waals surface area contributed by atoms with E-state index in [-0.39, 0.29) is 0 Å². The van der Waals surface area contributed by atoms with Crippen molar-refractivity contribution in [3.63, 3.8) is 0 Å². The number of carbonyl (C=O) groups excluding carboxylic acids is 2. The predicted molar refractivity (Wildman–Crippen MR) is 84.4 cm³/mol. The Bertz CT molecular complexity index is 592. The maximum Gasteiger partial charge on any atom is 0.250 e. The van der Waals surface area contributed by atoms with Crippen LogP contribution in [0.2, 0.25) is 0 Å². The lowest BCUT2D eigenvalue weighted by Gasteiger charge is -2.37. The number of benzene rings is 1. The third kappa shape index (κ3) is 3.71. The molecule has 6 nitrogen and oxygen atoms in total. The standard InChI is InChI=1S/C16H23N3O3/c1-11-7-6-8-12(9-11)10-17-18-13(20)15(2,3)16(4,5)14(21)19-22/h6-10,22H,1-5H3,(H,18,20)(H,19,21)/b17-10+. The molecule has 0 aromatic heterocycles. The fourth-order valence-corrected chi connectivity index (χ4v) is 1.76. The normalized spacial score (nSPS) is 12.3. The largest absolute Gasteiger partial charge is 0.289 e. The van der Waals surface area contributed by atoms with Crippen LogP contribution in [0.25, 0.3) is 0 Å². The maximum absolute atomic E-state index is 12.3. The van der Waals surface area contributed by atoms with Gasteiger partial charge in [0.1, 0.15) is 0 Å². The first-order valence-electron chi connectivity index (χ1n) is 6.97. The molecule has 120 valence electrons. The van der Waals surface area contributed by atoms with Crippen molar-refractivity contribution in [1.82, 2.24) is 10.9 Å². The maximum atomic E-state index is 12.3. The minimum atomic E-state index is -1.11. The van der Waals surface area contributed by atoms with Crippen LogP contribution in [-0.4, -0.2) is 23.2 Å². The molecule has 0 bridgehead atoms. The highest BCUT2D eigenvalue weighted by atomic mass is 16.5. The number of hydrazone groups is 1. The molecule has 0 atom stereocenters. The van der Waals surface area contributed by atoms with Crippen molar-refractivity contribution in [2.24, 2.45) is 15.9 Å². The van der Waals surface area contributed by atoms with E-state index in [1.165, 1.54) is 0 Å². The predicted octanol–water partition coefficient (Wildman–Crippen LogP) is 2.00. The van der Waals surface area contributed by atoms with Gasteiger partial charge in [-0.05, 0) is 40.2 Å². The zero-order valence-electron chi connectivity index (χ0n) is 13.6. The van der Waals surface area contributed by atoms with Gasteiger partial charge in [-0.2, -0.15) is 5.10 Å². The van der Waals surface area contributed by atoms with Crippen LogP contribution in [0.5, 0.6) is 0 Å². The summed E-state index contributed by atoms with van der Waals surface area (Å²) in [5.41, 5.74) is 3.83. The smallest absolute Gasteiger partial charge is 0.250 e. The number of rotatable bonds is 5. The van der Waals surface area contributed by atoms with Crippen molar-refractivity contribution in [3.05, 3.63) is 35.4 Å². The lowest BCUT2D eigenvalue weighted by atomic mass is 9.67.